The summed E-state index contributed by atoms with van der Waals surface area (Å²) in [6.45, 7) is 1.09. The maximum absolute atomic E-state index is 13.0. The molecule has 16 heavy (non-hydrogen) atoms. The quantitative estimate of drug-likeness (QED) is 0.653. The van der Waals surface area contributed by atoms with Crippen LogP contribution in [0.25, 0.3) is 0 Å². The predicted molar refractivity (Wildman–Crippen MR) is 61.8 cm³/mol. The molecule has 1 aliphatic heterocycles. The highest BCUT2D eigenvalue weighted by atomic mass is 32.2. The standard InChI is InChI=1S/C11H14FNO2S/c12-8-3-9(13)5-11(4-8)16-6-10-1-2-14-7-15-10/h3-5,10H,1-2,6-7,13H2. The molecule has 0 radical (unpaired) electrons. The molecule has 1 atom stereocenters. The van der Waals surface area contributed by atoms with E-state index in [1.165, 1.54) is 12.1 Å². The number of nitrogens with two attached hydrogens (primary N) is 1. The van der Waals surface area contributed by atoms with Gasteiger partial charge in [-0.05, 0) is 24.6 Å². The van der Waals surface area contributed by atoms with E-state index in [1.54, 1.807) is 17.8 Å². The van der Waals surface area contributed by atoms with Crippen molar-refractivity contribution in [1.82, 2.24) is 0 Å². The lowest BCUT2D eigenvalue weighted by atomic mass is 10.3. The van der Waals surface area contributed by atoms with Crippen LogP contribution in [0.15, 0.2) is 23.1 Å². The van der Waals surface area contributed by atoms with Crippen molar-refractivity contribution in [3.8, 4) is 0 Å². The average Bonchev–Trinajstić information content (AvgIpc) is 2.27. The second kappa shape index (κ2) is 5.52. The first-order valence-electron chi connectivity index (χ1n) is 5.12. The van der Waals surface area contributed by atoms with Crippen LogP contribution in [-0.4, -0.2) is 25.3 Å². The lowest BCUT2D eigenvalue weighted by molar-refractivity contribution is -0.130. The van der Waals surface area contributed by atoms with Crippen LogP contribution in [0.3, 0.4) is 0 Å². The Balaban J connectivity index is 1.88. The van der Waals surface area contributed by atoms with E-state index in [2.05, 4.69) is 0 Å². The molecule has 1 saturated heterocycles. The molecule has 1 fully saturated rings. The minimum absolute atomic E-state index is 0.184. The number of hydrogen-bond donors (Lipinski definition) is 1. The van der Waals surface area contributed by atoms with Crippen molar-refractivity contribution >= 4 is 17.4 Å². The summed E-state index contributed by atoms with van der Waals surface area (Å²) in [7, 11) is 0. The lowest BCUT2D eigenvalue weighted by Crippen LogP contribution is -2.25. The first kappa shape index (κ1) is 11.7. The fourth-order valence-electron chi connectivity index (χ4n) is 1.49. The van der Waals surface area contributed by atoms with Crippen LogP contribution in [0.5, 0.6) is 0 Å². The van der Waals surface area contributed by atoms with Crippen molar-refractivity contribution < 1.29 is 13.9 Å². The van der Waals surface area contributed by atoms with Crippen LogP contribution in [0, 0.1) is 5.82 Å². The molecule has 0 aromatic heterocycles. The third kappa shape index (κ3) is 3.37. The predicted octanol–water partition coefficient (Wildman–Crippen LogP) is 2.26. The number of thioether (sulfide) groups is 1. The van der Waals surface area contributed by atoms with Gasteiger partial charge in [0, 0.05) is 16.3 Å². The summed E-state index contributed by atoms with van der Waals surface area (Å²) >= 11 is 1.55. The van der Waals surface area contributed by atoms with Crippen LogP contribution in [0.1, 0.15) is 6.42 Å². The molecule has 0 saturated carbocycles. The molecule has 0 spiro atoms. The number of ether oxygens (including phenoxy) is 2. The molecular weight excluding hydrogens is 229 g/mol. The van der Waals surface area contributed by atoms with E-state index < -0.39 is 0 Å². The maximum Gasteiger partial charge on any atom is 0.147 e. The number of rotatable bonds is 3. The zero-order valence-electron chi connectivity index (χ0n) is 8.82. The van der Waals surface area contributed by atoms with E-state index >= 15 is 0 Å². The van der Waals surface area contributed by atoms with Crippen molar-refractivity contribution in [3.63, 3.8) is 0 Å². The molecule has 88 valence electrons. The Bertz CT molecular complexity index is 336. The Hall–Kier alpha value is -0.780. The largest absolute Gasteiger partial charge is 0.399 e. The van der Waals surface area contributed by atoms with Gasteiger partial charge in [0.1, 0.15) is 12.6 Å². The highest BCUT2D eigenvalue weighted by Crippen LogP contribution is 2.24. The van der Waals surface area contributed by atoms with Gasteiger partial charge < -0.3 is 15.2 Å². The maximum atomic E-state index is 13.0. The van der Waals surface area contributed by atoms with Gasteiger partial charge >= 0.3 is 0 Å². The molecule has 0 amide bonds. The summed E-state index contributed by atoms with van der Waals surface area (Å²) in [4.78, 5) is 0.840. The molecule has 3 nitrogen and oxygen atoms in total. The number of anilines is 1. The second-order valence-electron chi connectivity index (χ2n) is 3.63. The summed E-state index contributed by atoms with van der Waals surface area (Å²) < 4.78 is 23.5. The number of nitrogen functional groups attached to an aromatic ring is 1. The van der Waals surface area contributed by atoms with Gasteiger partial charge in [-0.3, -0.25) is 0 Å². The van der Waals surface area contributed by atoms with E-state index in [0.717, 1.165) is 23.7 Å². The Kier molecular flexibility index (Phi) is 4.04. The van der Waals surface area contributed by atoms with Crippen molar-refractivity contribution in [2.75, 3.05) is 24.9 Å². The Labute approximate surface area is 98.1 Å². The molecule has 1 heterocycles. The monoisotopic (exact) mass is 243 g/mol. The van der Waals surface area contributed by atoms with E-state index in [9.17, 15) is 4.39 Å². The molecule has 2 rings (SSSR count). The summed E-state index contributed by atoms with van der Waals surface area (Å²) in [5.41, 5.74) is 6.02. The fourth-order valence-corrected chi connectivity index (χ4v) is 2.55. The molecule has 0 bridgehead atoms. The Morgan fingerprint density at radius 2 is 2.31 bits per heavy atom. The van der Waals surface area contributed by atoms with E-state index in [-0.39, 0.29) is 11.9 Å². The summed E-state index contributed by atoms with van der Waals surface area (Å²) in [6, 6.07) is 4.57. The highest BCUT2D eigenvalue weighted by Gasteiger charge is 2.14. The van der Waals surface area contributed by atoms with Gasteiger partial charge in [0.15, 0.2) is 0 Å². The van der Waals surface area contributed by atoms with Gasteiger partial charge in [-0.1, -0.05) is 0 Å². The zero-order valence-corrected chi connectivity index (χ0v) is 9.63. The molecule has 5 heteroatoms. The fraction of sp³-hybridized carbons (Fsp3) is 0.455. The zero-order chi connectivity index (χ0) is 11.4. The summed E-state index contributed by atoms with van der Waals surface area (Å²) in [6.07, 6.45) is 1.07. The van der Waals surface area contributed by atoms with E-state index in [0.29, 0.717) is 12.5 Å². The Morgan fingerprint density at radius 1 is 1.44 bits per heavy atom. The molecule has 2 N–H and O–H groups in total. The molecule has 0 aliphatic carbocycles. The van der Waals surface area contributed by atoms with Crippen LogP contribution in [-0.2, 0) is 9.47 Å². The Morgan fingerprint density at radius 3 is 3.00 bits per heavy atom. The van der Waals surface area contributed by atoms with Gasteiger partial charge in [0.25, 0.3) is 0 Å². The molecule has 1 aromatic rings. The third-order valence-electron chi connectivity index (χ3n) is 2.30. The van der Waals surface area contributed by atoms with Crippen LogP contribution in [0.2, 0.25) is 0 Å². The van der Waals surface area contributed by atoms with Gasteiger partial charge in [0.2, 0.25) is 0 Å². The number of halogens is 1. The number of benzene rings is 1. The summed E-state index contributed by atoms with van der Waals surface area (Å²) in [5.74, 6) is 0.502. The normalized spacial score (nSPS) is 20.9. The van der Waals surface area contributed by atoms with Gasteiger partial charge in [-0.15, -0.1) is 11.8 Å². The molecular formula is C11H14FNO2S. The van der Waals surface area contributed by atoms with Gasteiger partial charge in [-0.25, -0.2) is 4.39 Å². The van der Waals surface area contributed by atoms with Gasteiger partial charge in [0.05, 0.1) is 12.7 Å². The van der Waals surface area contributed by atoms with Crippen LogP contribution < -0.4 is 5.73 Å². The lowest BCUT2D eigenvalue weighted by Gasteiger charge is -2.22. The second-order valence-corrected chi connectivity index (χ2v) is 4.73. The smallest absolute Gasteiger partial charge is 0.147 e. The minimum atomic E-state index is -0.296. The average molecular weight is 243 g/mol. The minimum Gasteiger partial charge on any atom is -0.399 e. The summed E-state index contributed by atoms with van der Waals surface area (Å²) in [5, 5.41) is 0. The van der Waals surface area contributed by atoms with E-state index in [4.69, 9.17) is 15.2 Å². The van der Waals surface area contributed by atoms with Crippen molar-refractivity contribution in [3.05, 3.63) is 24.0 Å². The highest BCUT2D eigenvalue weighted by molar-refractivity contribution is 7.99. The first-order valence-corrected chi connectivity index (χ1v) is 6.11. The van der Waals surface area contributed by atoms with Crippen molar-refractivity contribution in [2.24, 2.45) is 0 Å². The first-order chi connectivity index (χ1) is 7.74. The van der Waals surface area contributed by atoms with Crippen LogP contribution in [0.4, 0.5) is 10.1 Å². The molecule has 1 aliphatic rings. The number of hydrogen-bond acceptors (Lipinski definition) is 4. The van der Waals surface area contributed by atoms with Crippen molar-refractivity contribution in [1.29, 1.82) is 0 Å². The van der Waals surface area contributed by atoms with E-state index in [1.807, 2.05) is 0 Å². The SMILES string of the molecule is Nc1cc(F)cc(SCC2CCOCO2)c1. The topological polar surface area (TPSA) is 44.5 Å². The molecule has 1 aromatic carbocycles. The van der Waals surface area contributed by atoms with Gasteiger partial charge in [-0.2, -0.15) is 0 Å². The molecule has 1 unspecified atom stereocenters. The third-order valence-corrected chi connectivity index (χ3v) is 3.41. The van der Waals surface area contributed by atoms with Crippen molar-refractivity contribution in [2.45, 2.75) is 17.4 Å². The van der Waals surface area contributed by atoms with Crippen LogP contribution >= 0.6 is 11.8 Å².